The molecular weight excluding hydrogens is 210 g/mol. The molecule has 0 aliphatic rings. The van der Waals surface area contributed by atoms with Crippen LogP contribution in [0.5, 0.6) is 0 Å². The molecule has 0 spiro atoms. The molecule has 1 unspecified atom stereocenters. The molecule has 1 atom stereocenters. The molecule has 96 valence electrons. The van der Waals surface area contributed by atoms with Crippen LogP contribution in [0.2, 0.25) is 0 Å². The average molecular weight is 235 g/mol. The van der Waals surface area contributed by atoms with Gasteiger partial charge in [-0.2, -0.15) is 0 Å². The number of hydrogen-bond acceptors (Lipinski definition) is 3. The van der Waals surface area contributed by atoms with Crippen molar-refractivity contribution in [3.63, 3.8) is 0 Å². The highest BCUT2D eigenvalue weighted by Gasteiger charge is 2.11. The van der Waals surface area contributed by atoms with E-state index in [1.165, 1.54) is 12.1 Å². The van der Waals surface area contributed by atoms with E-state index in [0.717, 1.165) is 12.2 Å². The largest absolute Gasteiger partial charge is 0.381 e. The summed E-state index contributed by atoms with van der Waals surface area (Å²) in [5.74, 6) is 0.704. The maximum Gasteiger partial charge on any atom is 0.0393 e. The fourth-order valence-electron chi connectivity index (χ4n) is 2.06. The van der Waals surface area contributed by atoms with Crippen molar-refractivity contribution in [2.75, 3.05) is 26.0 Å². The summed E-state index contributed by atoms with van der Waals surface area (Å²) < 4.78 is 0. The van der Waals surface area contributed by atoms with Gasteiger partial charge in [-0.15, -0.1) is 0 Å². The van der Waals surface area contributed by atoms with Crippen molar-refractivity contribution in [3.8, 4) is 0 Å². The number of likely N-dealkylation sites (N-methyl/N-ethyl adjacent to an activating group) is 1. The highest BCUT2D eigenvalue weighted by molar-refractivity contribution is 5.43. The zero-order chi connectivity index (χ0) is 12.8. The Kier molecular flexibility index (Phi) is 5.42. The van der Waals surface area contributed by atoms with E-state index < -0.39 is 0 Å². The van der Waals surface area contributed by atoms with Crippen LogP contribution in [0, 0.1) is 12.8 Å². The van der Waals surface area contributed by atoms with Crippen LogP contribution in [0.25, 0.3) is 0 Å². The lowest BCUT2D eigenvalue weighted by atomic mass is 10.0. The zero-order valence-electron chi connectivity index (χ0n) is 11.7. The van der Waals surface area contributed by atoms with Gasteiger partial charge in [-0.3, -0.25) is 4.98 Å². The van der Waals surface area contributed by atoms with Crippen LogP contribution in [-0.2, 0) is 0 Å². The van der Waals surface area contributed by atoms with Crippen molar-refractivity contribution in [2.24, 2.45) is 5.92 Å². The number of rotatable bonds is 6. The van der Waals surface area contributed by atoms with E-state index in [4.69, 9.17) is 0 Å². The summed E-state index contributed by atoms with van der Waals surface area (Å²) in [6.45, 7) is 7.61. The monoisotopic (exact) mass is 235 g/mol. The molecule has 0 saturated carbocycles. The van der Waals surface area contributed by atoms with Crippen molar-refractivity contribution < 1.29 is 0 Å². The van der Waals surface area contributed by atoms with E-state index in [-0.39, 0.29) is 0 Å². The number of aryl methyl sites for hydroxylation is 1. The summed E-state index contributed by atoms with van der Waals surface area (Å²) in [4.78, 5) is 6.45. The quantitative estimate of drug-likeness (QED) is 0.822. The number of pyridine rings is 1. The van der Waals surface area contributed by atoms with E-state index >= 15 is 0 Å². The van der Waals surface area contributed by atoms with E-state index in [2.05, 4.69) is 49.2 Å². The third-order valence-corrected chi connectivity index (χ3v) is 2.61. The molecular formula is C14H25N3. The van der Waals surface area contributed by atoms with Crippen molar-refractivity contribution in [1.82, 2.24) is 9.88 Å². The summed E-state index contributed by atoms with van der Waals surface area (Å²) in [7, 11) is 4.24. The van der Waals surface area contributed by atoms with Crippen LogP contribution >= 0.6 is 0 Å². The second-order valence-corrected chi connectivity index (χ2v) is 5.42. The normalized spacial score (nSPS) is 13.1. The molecule has 1 aromatic heterocycles. The summed E-state index contributed by atoms with van der Waals surface area (Å²) in [5.41, 5.74) is 2.23. The van der Waals surface area contributed by atoms with Crippen LogP contribution in [-0.4, -0.2) is 36.6 Å². The Labute approximate surface area is 105 Å². The van der Waals surface area contributed by atoms with Crippen LogP contribution in [0.1, 0.15) is 26.0 Å². The number of anilines is 1. The molecule has 1 N–H and O–H groups in total. The molecule has 0 radical (unpaired) electrons. The van der Waals surface area contributed by atoms with Gasteiger partial charge in [0.25, 0.3) is 0 Å². The fraction of sp³-hybridized carbons (Fsp3) is 0.643. The minimum Gasteiger partial charge on any atom is -0.381 e. The van der Waals surface area contributed by atoms with Crippen molar-refractivity contribution in [2.45, 2.75) is 33.2 Å². The summed E-state index contributed by atoms with van der Waals surface area (Å²) in [5, 5.41) is 3.60. The molecule has 0 saturated heterocycles. The maximum absolute atomic E-state index is 4.22. The molecule has 1 rings (SSSR count). The zero-order valence-corrected chi connectivity index (χ0v) is 11.7. The minimum atomic E-state index is 0.492. The van der Waals surface area contributed by atoms with Gasteiger partial charge in [0.2, 0.25) is 0 Å². The highest BCUT2D eigenvalue weighted by Crippen LogP contribution is 2.14. The Bertz CT molecular complexity index is 324. The predicted molar refractivity (Wildman–Crippen MR) is 74.4 cm³/mol. The highest BCUT2D eigenvalue weighted by atomic mass is 15.1. The molecule has 0 bridgehead atoms. The minimum absolute atomic E-state index is 0.492. The SMILES string of the molecule is Cc1cc(NC(CC(C)C)CN(C)C)ccn1. The first-order chi connectivity index (χ1) is 7.97. The maximum atomic E-state index is 4.22. The molecule has 0 aliphatic heterocycles. The predicted octanol–water partition coefficient (Wildman–Crippen LogP) is 2.78. The Morgan fingerprint density at radius 2 is 2.06 bits per heavy atom. The van der Waals surface area contributed by atoms with E-state index in [9.17, 15) is 0 Å². The van der Waals surface area contributed by atoms with Gasteiger partial charge in [0, 0.05) is 30.2 Å². The van der Waals surface area contributed by atoms with Gasteiger partial charge < -0.3 is 10.2 Å². The molecule has 0 fully saturated rings. The topological polar surface area (TPSA) is 28.2 Å². The van der Waals surface area contributed by atoms with E-state index in [1.807, 2.05) is 19.2 Å². The molecule has 0 amide bonds. The summed E-state index contributed by atoms with van der Waals surface area (Å²) in [6, 6.07) is 4.63. The molecule has 1 heterocycles. The lowest BCUT2D eigenvalue weighted by Crippen LogP contribution is -2.33. The molecule has 3 heteroatoms. The third-order valence-electron chi connectivity index (χ3n) is 2.61. The lowest BCUT2D eigenvalue weighted by Gasteiger charge is -2.25. The van der Waals surface area contributed by atoms with Gasteiger partial charge in [0.15, 0.2) is 0 Å². The van der Waals surface area contributed by atoms with E-state index in [0.29, 0.717) is 12.0 Å². The number of nitrogens with one attached hydrogen (secondary N) is 1. The second-order valence-electron chi connectivity index (χ2n) is 5.42. The Morgan fingerprint density at radius 3 is 2.59 bits per heavy atom. The van der Waals surface area contributed by atoms with Gasteiger partial charge in [-0.1, -0.05) is 13.8 Å². The average Bonchev–Trinajstić information content (AvgIpc) is 2.14. The second kappa shape index (κ2) is 6.60. The van der Waals surface area contributed by atoms with Crippen molar-refractivity contribution in [3.05, 3.63) is 24.0 Å². The van der Waals surface area contributed by atoms with Crippen LogP contribution in [0.4, 0.5) is 5.69 Å². The van der Waals surface area contributed by atoms with Gasteiger partial charge >= 0.3 is 0 Å². The standard InChI is InChI=1S/C14H25N3/c1-11(2)8-14(10-17(4)5)16-13-6-7-15-12(3)9-13/h6-7,9,11,14H,8,10H2,1-5H3,(H,15,16). The third kappa shape index (κ3) is 5.68. The number of nitrogens with zero attached hydrogens (tertiary/aromatic N) is 2. The molecule has 3 nitrogen and oxygen atoms in total. The van der Waals surface area contributed by atoms with Gasteiger partial charge in [0.1, 0.15) is 0 Å². The summed E-state index contributed by atoms with van der Waals surface area (Å²) >= 11 is 0. The van der Waals surface area contributed by atoms with Crippen molar-refractivity contribution >= 4 is 5.69 Å². The smallest absolute Gasteiger partial charge is 0.0393 e. The molecule has 0 aromatic carbocycles. The van der Waals surface area contributed by atoms with Crippen LogP contribution in [0.3, 0.4) is 0 Å². The molecule has 0 aliphatic carbocycles. The van der Waals surface area contributed by atoms with Gasteiger partial charge in [0.05, 0.1) is 0 Å². The first kappa shape index (κ1) is 14.0. The first-order valence-electron chi connectivity index (χ1n) is 6.31. The Hall–Kier alpha value is -1.09. The van der Waals surface area contributed by atoms with E-state index in [1.54, 1.807) is 0 Å². The first-order valence-corrected chi connectivity index (χ1v) is 6.31. The van der Waals surface area contributed by atoms with Crippen molar-refractivity contribution in [1.29, 1.82) is 0 Å². The molecule has 17 heavy (non-hydrogen) atoms. The fourth-order valence-corrected chi connectivity index (χ4v) is 2.06. The molecule has 1 aromatic rings. The number of hydrogen-bond donors (Lipinski definition) is 1. The Balaban J connectivity index is 2.64. The van der Waals surface area contributed by atoms with Crippen LogP contribution in [0.15, 0.2) is 18.3 Å². The number of aromatic nitrogens is 1. The Morgan fingerprint density at radius 1 is 1.35 bits per heavy atom. The van der Waals surface area contributed by atoms with Gasteiger partial charge in [-0.05, 0) is 45.5 Å². The van der Waals surface area contributed by atoms with Gasteiger partial charge in [-0.25, -0.2) is 0 Å². The summed E-state index contributed by atoms with van der Waals surface area (Å²) in [6.07, 6.45) is 3.04. The van der Waals surface area contributed by atoms with Crippen LogP contribution < -0.4 is 5.32 Å². The lowest BCUT2D eigenvalue weighted by molar-refractivity contribution is 0.356.